The van der Waals surface area contributed by atoms with Crippen LogP contribution in [-0.2, 0) is 6.61 Å². The van der Waals surface area contributed by atoms with Crippen LogP contribution in [0.15, 0.2) is 52.7 Å². The van der Waals surface area contributed by atoms with Gasteiger partial charge in [0.2, 0.25) is 0 Å². The molecule has 0 saturated heterocycles. The molecule has 5 heteroatoms. The van der Waals surface area contributed by atoms with Gasteiger partial charge >= 0.3 is 0 Å². The number of hydrogen-bond acceptors (Lipinski definition) is 5. The summed E-state index contributed by atoms with van der Waals surface area (Å²) < 4.78 is 10.7. The first-order valence-electron chi connectivity index (χ1n) is 5.95. The number of nitrogens with zero attached hydrogens (tertiary/aromatic N) is 2. The highest BCUT2D eigenvalue weighted by Gasteiger charge is 2.06. The van der Waals surface area contributed by atoms with Gasteiger partial charge in [0.15, 0.2) is 0 Å². The van der Waals surface area contributed by atoms with Gasteiger partial charge in [0.25, 0.3) is 0 Å². The molecule has 2 aromatic heterocycles. The van der Waals surface area contributed by atoms with Crippen LogP contribution in [0.4, 0.5) is 0 Å². The van der Waals surface area contributed by atoms with Crippen molar-refractivity contribution in [2.24, 2.45) is 0 Å². The molecule has 0 spiro atoms. The Bertz CT molecular complexity index is 741. The van der Waals surface area contributed by atoms with Gasteiger partial charge in [-0.25, -0.2) is 4.98 Å². The molecule has 0 radical (unpaired) electrons. The lowest BCUT2D eigenvalue weighted by atomic mass is 10.2. The van der Waals surface area contributed by atoms with Crippen LogP contribution in [0.1, 0.15) is 11.3 Å². The Morgan fingerprint density at radius 1 is 1.35 bits per heavy atom. The minimum Gasteiger partial charge on any atom is -0.487 e. The number of thiazole rings is 1. The molecule has 98 valence electrons. The summed E-state index contributed by atoms with van der Waals surface area (Å²) in [4.78, 5) is 4.48. The lowest BCUT2D eigenvalue weighted by Crippen LogP contribution is -1.95. The van der Waals surface area contributed by atoms with Gasteiger partial charge in [-0.15, -0.1) is 11.3 Å². The van der Waals surface area contributed by atoms with Crippen LogP contribution in [0.3, 0.4) is 0 Å². The fourth-order valence-corrected chi connectivity index (χ4v) is 2.50. The van der Waals surface area contributed by atoms with E-state index >= 15 is 0 Å². The molecule has 20 heavy (non-hydrogen) atoms. The third kappa shape index (κ3) is 2.71. The molecule has 0 bridgehead atoms. The van der Waals surface area contributed by atoms with Gasteiger partial charge in [0, 0.05) is 10.9 Å². The third-order valence-electron chi connectivity index (χ3n) is 2.67. The molecule has 0 atom stereocenters. The summed E-state index contributed by atoms with van der Waals surface area (Å²) in [5, 5.41) is 11.7. The highest BCUT2D eigenvalue weighted by Crippen LogP contribution is 2.24. The highest BCUT2D eigenvalue weighted by atomic mass is 32.1. The van der Waals surface area contributed by atoms with Gasteiger partial charge in [0.05, 0.1) is 23.6 Å². The Labute approximate surface area is 119 Å². The zero-order valence-corrected chi connectivity index (χ0v) is 11.3. The maximum atomic E-state index is 8.83. The predicted octanol–water partition coefficient (Wildman–Crippen LogP) is 3.85. The zero-order chi connectivity index (χ0) is 13.8. The van der Waals surface area contributed by atoms with Crippen molar-refractivity contribution in [3.63, 3.8) is 0 Å². The molecule has 0 fully saturated rings. The minimum atomic E-state index is 0.378. The third-order valence-corrected chi connectivity index (χ3v) is 3.61. The molecule has 0 aliphatic heterocycles. The highest BCUT2D eigenvalue weighted by molar-refractivity contribution is 7.13. The Kier molecular flexibility index (Phi) is 3.48. The lowest BCUT2D eigenvalue weighted by Gasteiger charge is -2.03. The van der Waals surface area contributed by atoms with Crippen LogP contribution in [-0.4, -0.2) is 4.98 Å². The topological polar surface area (TPSA) is 59.0 Å². The molecule has 0 aliphatic carbocycles. The molecule has 2 heterocycles. The van der Waals surface area contributed by atoms with Crippen LogP contribution in [0.2, 0.25) is 0 Å². The summed E-state index contributed by atoms with van der Waals surface area (Å²) in [6, 6.07) is 11.0. The Morgan fingerprint density at radius 2 is 2.30 bits per heavy atom. The zero-order valence-electron chi connectivity index (χ0n) is 10.4. The summed E-state index contributed by atoms with van der Waals surface area (Å²) >= 11 is 1.55. The second kappa shape index (κ2) is 5.59. The van der Waals surface area contributed by atoms with Crippen LogP contribution in [0, 0.1) is 11.3 Å². The number of ether oxygens (including phenoxy) is 1. The number of hydrogen-bond donors (Lipinski definition) is 0. The Hall–Kier alpha value is -2.58. The summed E-state index contributed by atoms with van der Waals surface area (Å²) in [6.07, 6.45) is 3.29. The number of nitriles is 1. The molecule has 0 N–H and O–H groups in total. The minimum absolute atomic E-state index is 0.378. The number of furan rings is 1. The fraction of sp³-hybridized carbons (Fsp3) is 0.0667. The van der Waals surface area contributed by atoms with Crippen molar-refractivity contribution in [1.82, 2.24) is 4.98 Å². The number of benzene rings is 1. The summed E-state index contributed by atoms with van der Waals surface area (Å²) in [5.41, 5.74) is 2.40. The van der Waals surface area contributed by atoms with Crippen LogP contribution in [0.5, 0.6) is 5.75 Å². The second-order valence-electron chi connectivity index (χ2n) is 4.08. The van der Waals surface area contributed by atoms with E-state index in [2.05, 4.69) is 11.1 Å². The van der Waals surface area contributed by atoms with Crippen LogP contribution >= 0.6 is 11.3 Å². The second-order valence-corrected chi connectivity index (χ2v) is 4.94. The van der Waals surface area contributed by atoms with Gasteiger partial charge in [-0.05, 0) is 24.3 Å². The maximum Gasteiger partial charge on any atom is 0.131 e. The molecular formula is C15H10N2O2S. The Morgan fingerprint density at radius 3 is 3.10 bits per heavy atom. The van der Waals surface area contributed by atoms with E-state index in [4.69, 9.17) is 14.4 Å². The normalized spacial score (nSPS) is 10.2. The molecule has 0 amide bonds. The first kappa shape index (κ1) is 12.5. The van der Waals surface area contributed by atoms with Gasteiger partial charge in [-0.2, -0.15) is 5.26 Å². The van der Waals surface area contributed by atoms with E-state index in [0.29, 0.717) is 17.9 Å². The van der Waals surface area contributed by atoms with Crippen molar-refractivity contribution >= 4 is 11.3 Å². The fourth-order valence-electron chi connectivity index (χ4n) is 1.70. The van der Waals surface area contributed by atoms with Crippen LogP contribution in [0.25, 0.3) is 10.6 Å². The first-order chi connectivity index (χ1) is 9.85. The van der Waals surface area contributed by atoms with Crippen molar-refractivity contribution in [1.29, 1.82) is 5.26 Å². The monoisotopic (exact) mass is 282 g/mol. The number of aromatic nitrogens is 1. The van der Waals surface area contributed by atoms with Crippen LogP contribution < -0.4 is 4.74 Å². The average Bonchev–Trinajstić information content (AvgIpc) is 3.16. The SMILES string of the molecule is N#Cc1cccc(OCc2csc(-c3ccoc3)n2)c1. The predicted molar refractivity (Wildman–Crippen MR) is 75.3 cm³/mol. The van der Waals surface area contributed by atoms with Gasteiger partial charge in [-0.1, -0.05) is 6.07 Å². The molecule has 1 aromatic carbocycles. The smallest absolute Gasteiger partial charge is 0.131 e. The standard InChI is InChI=1S/C15H10N2O2S/c16-7-11-2-1-3-14(6-11)19-9-13-10-20-15(17-13)12-4-5-18-8-12/h1-6,8,10H,9H2. The van der Waals surface area contributed by atoms with Gasteiger partial charge < -0.3 is 9.15 Å². The molecule has 0 unspecified atom stereocenters. The van der Waals surface area contributed by atoms with E-state index in [1.54, 1.807) is 42.1 Å². The quantitative estimate of drug-likeness (QED) is 0.729. The molecule has 3 rings (SSSR count). The van der Waals surface area contributed by atoms with E-state index in [9.17, 15) is 0 Å². The molecule has 0 aliphatic rings. The van der Waals surface area contributed by atoms with Crippen molar-refractivity contribution in [3.05, 3.63) is 59.5 Å². The Balaban J connectivity index is 1.68. The summed E-state index contributed by atoms with van der Waals surface area (Å²) in [6.45, 7) is 0.378. The van der Waals surface area contributed by atoms with E-state index in [-0.39, 0.29) is 0 Å². The molecule has 0 saturated carbocycles. The van der Waals surface area contributed by atoms with Crippen molar-refractivity contribution in [2.45, 2.75) is 6.61 Å². The molecular weight excluding hydrogens is 272 g/mol. The van der Waals surface area contributed by atoms with Gasteiger partial charge in [-0.3, -0.25) is 0 Å². The van der Waals surface area contributed by atoms with E-state index in [1.807, 2.05) is 17.5 Å². The van der Waals surface area contributed by atoms with E-state index < -0.39 is 0 Å². The van der Waals surface area contributed by atoms with E-state index in [1.165, 1.54) is 0 Å². The summed E-state index contributed by atoms with van der Waals surface area (Å²) in [7, 11) is 0. The van der Waals surface area contributed by atoms with Crippen molar-refractivity contribution < 1.29 is 9.15 Å². The lowest BCUT2D eigenvalue weighted by molar-refractivity contribution is 0.302. The first-order valence-corrected chi connectivity index (χ1v) is 6.83. The maximum absolute atomic E-state index is 8.83. The van der Waals surface area contributed by atoms with E-state index in [0.717, 1.165) is 16.3 Å². The largest absolute Gasteiger partial charge is 0.487 e. The number of rotatable bonds is 4. The van der Waals surface area contributed by atoms with Crippen molar-refractivity contribution in [2.75, 3.05) is 0 Å². The molecule has 3 aromatic rings. The molecule has 4 nitrogen and oxygen atoms in total. The van der Waals surface area contributed by atoms with Gasteiger partial charge in [0.1, 0.15) is 23.6 Å². The average molecular weight is 282 g/mol. The van der Waals surface area contributed by atoms with Crippen molar-refractivity contribution in [3.8, 4) is 22.4 Å². The summed E-state index contributed by atoms with van der Waals surface area (Å²) in [5.74, 6) is 0.668.